The Balaban J connectivity index is 2.10. The van der Waals surface area contributed by atoms with E-state index in [9.17, 15) is 0 Å². The minimum atomic E-state index is 0.0712. The number of hydrogen-bond donors (Lipinski definition) is 1. The first-order chi connectivity index (χ1) is 9.06. The molecule has 0 aromatic heterocycles. The molecule has 2 rings (SSSR count). The summed E-state index contributed by atoms with van der Waals surface area (Å²) in [5.41, 5.74) is 1.29. The van der Waals surface area contributed by atoms with Gasteiger partial charge in [-0.15, -0.1) is 0 Å². The lowest BCUT2D eigenvalue weighted by Crippen LogP contribution is -2.27. The van der Waals surface area contributed by atoms with Gasteiger partial charge in [0.05, 0.1) is 14.2 Å². The molecule has 1 fully saturated rings. The molecule has 0 spiro atoms. The summed E-state index contributed by atoms with van der Waals surface area (Å²) in [6.07, 6.45) is 3.76. The van der Waals surface area contributed by atoms with E-state index >= 15 is 0 Å². The molecule has 1 aliphatic rings. The predicted molar refractivity (Wildman–Crippen MR) is 78.2 cm³/mol. The van der Waals surface area contributed by atoms with Gasteiger partial charge >= 0.3 is 0 Å². The van der Waals surface area contributed by atoms with Crippen LogP contribution in [0.1, 0.15) is 38.7 Å². The third-order valence-electron chi connectivity index (χ3n) is 3.90. The molecule has 0 bridgehead atoms. The molecule has 1 aromatic carbocycles. The van der Waals surface area contributed by atoms with Crippen molar-refractivity contribution in [2.75, 3.05) is 20.8 Å². The lowest BCUT2D eigenvalue weighted by atomic mass is 9.81. The van der Waals surface area contributed by atoms with Crippen molar-refractivity contribution in [3.63, 3.8) is 0 Å². The smallest absolute Gasteiger partial charge is 0.122 e. The fourth-order valence-electron chi connectivity index (χ4n) is 2.35. The van der Waals surface area contributed by atoms with E-state index < -0.39 is 0 Å². The van der Waals surface area contributed by atoms with Crippen LogP contribution in [-0.4, -0.2) is 26.8 Å². The minimum absolute atomic E-state index is 0.0712. The second kappa shape index (κ2) is 5.83. The van der Waals surface area contributed by atoms with E-state index in [2.05, 4.69) is 25.2 Å². The number of methoxy groups -OCH3 is 2. The van der Waals surface area contributed by atoms with Crippen molar-refractivity contribution in [3.05, 3.63) is 23.8 Å². The number of ether oxygens (including phenoxy) is 2. The van der Waals surface area contributed by atoms with E-state index in [4.69, 9.17) is 9.47 Å². The van der Waals surface area contributed by atoms with Crippen molar-refractivity contribution in [3.8, 4) is 11.5 Å². The molecule has 0 heterocycles. The Morgan fingerprint density at radius 1 is 1.21 bits per heavy atom. The average molecular weight is 263 g/mol. The van der Waals surface area contributed by atoms with E-state index in [1.807, 2.05) is 12.1 Å². The van der Waals surface area contributed by atoms with Crippen LogP contribution in [0.25, 0.3) is 0 Å². The first kappa shape index (κ1) is 14.2. The van der Waals surface area contributed by atoms with Gasteiger partial charge in [0.15, 0.2) is 0 Å². The largest absolute Gasteiger partial charge is 0.497 e. The monoisotopic (exact) mass is 263 g/mol. The average Bonchev–Trinajstić information content (AvgIpc) is 3.22. The molecule has 1 aliphatic carbocycles. The van der Waals surface area contributed by atoms with Gasteiger partial charge in [0.1, 0.15) is 11.5 Å². The second-order valence-corrected chi connectivity index (χ2v) is 5.93. The molecule has 0 aliphatic heterocycles. The number of benzene rings is 1. The van der Waals surface area contributed by atoms with Crippen LogP contribution in [0.2, 0.25) is 0 Å². The third kappa shape index (κ3) is 3.63. The summed E-state index contributed by atoms with van der Waals surface area (Å²) in [5.74, 6) is 1.83. The summed E-state index contributed by atoms with van der Waals surface area (Å²) >= 11 is 0. The molecule has 0 atom stereocenters. The molecule has 3 heteroatoms. The van der Waals surface area contributed by atoms with Gasteiger partial charge in [-0.1, -0.05) is 13.8 Å². The zero-order chi connectivity index (χ0) is 13.9. The van der Waals surface area contributed by atoms with Crippen LogP contribution in [-0.2, 0) is 5.41 Å². The highest BCUT2D eigenvalue weighted by atomic mass is 16.5. The van der Waals surface area contributed by atoms with Gasteiger partial charge in [-0.05, 0) is 49.4 Å². The molecule has 19 heavy (non-hydrogen) atoms. The molecule has 0 saturated heterocycles. The summed E-state index contributed by atoms with van der Waals surface area (Å²) in [6, 6.07) is 6.80. The van der Waals surface area contributed by atoms with Gasteiger partial charge in [-0.3, -0.25) is 0 Å². The van der Waals surface area contributed by atoms with Crippen molar-refractivity contribution in [2.24, 2.45) is 0 Å². The molecular weight excluding hydrogens is 238 g/mol. The molecule has 1 N–H and O–H groups in total. The first-order valence-electron chi connectivity index (χ1n) is 7.03. The molecular formula is C16H25NO2. The van der Waals surface area contributed by atoms with Gasteiger partial charge < -0.3 is 14.8 Å². The topological polar surface area (TPSA) is 30.5 Å². The lowest BCUT2D eigenvalue weighted by Gasteiger charge is -2.27. The first-order valence-corrected chi connectivity index (χ1v) is 7.03. The lowest BCUT2D eigenvalue weighted by molar-refractivity contribution is 0.374. The van der Waals surface area contributed by atoms with Crippen LogP contribution >= 0.6 is 0 Å². The molecule has 0 amide bonds. The number of nitrogens with one attached hydrogen (secondary N) is 1. The van der Waals surface area contributed by atoms with Crippen molar-refractivity contribution in [1.82, 2.24) is 5.32 Å². The summed E-state index contributed by atoms with van der Waals surface area (Å²) < 4.78 is 10.8. The Kier molecular flexibility index (Phi) is 4.35. The van der Waals surface area contributed by atoms with Gasteiger partial charge in [0, 0.05) is 11.6 Å². The predicted octanol–water partition coefficient (Wildman–Crippen LogP) is 3.12. The van der Waals surface area contributed by atoms with E-state index in [0.717, 1.165) is 30.5 Å². The normalized spacial score (nSPS) is 15.4. The summed E-state index contributed by atoms with van der Waals surface area (Å²) in [7, 11) is 3.43. The highest BCUT2D eigenvalue weighted by Crippen LogP contribution is 2.36. The maximum atomic E-state index is 5.49. The van der Waals surface area contributed by atoms with Crippen molar-refractivity contribution < 1.29 is 9.47 Å². The van der Waals surface area contributed by atoms with Crippen LogP contribution in [0.4, 0.5) is 0 Å². The zero-order valence-electron chi connectivity index (χ0n) is 12.5. The standard InChI is InChI=1S/C16H25NO2/c1-16(2,9-10-17-12-5-6-12)14-11-13(18-3)7-8-15(14)19-4/h7-8,11-12,17H,5-6,9-10H2,1-4H3. The van der Waals surface area contributed by atoms with Gasteiger partial charge in [-0.25, -0.2) is 0 Å². The Morgan fingerprint density at radius 3 is 2.53 bits per heavy atom. The van der Waals surface area contributed by atoms with Crippen molar-refractivity contribution in [2.45, 2.75) is 44.6 Å². The van der Waals surface area contributed by atoms with Gasteiger partial charge in [0.25, 0.3) is 0 Å². The Morgan fingerprint density at radius 2 is 1.95 bits per heavy atom. The highest BCUT2D eigenvalue weighted by Gasteiger charge is 2.26. The fourth-order valence-corrected chi connectivity index (χ4v) is 2.35. The molecule has 1 saturated carbocycles. The van der Waals surface area contributed by atoms with Crippen LogP contribution in [0.15, 0.2) is 18.2 Å². The second-order valence-electron chi connectivity index (χ2n) is 5.93. The van der Waals surface area contributed by atoms with Crippen molar-refractivity contribution in [1.29, 1.82) is 0 Å². The minimum Gasteiger partial charge on any atom is -0.497 e. The molecule has 0 unspecified atom stereocenters. The van der Waals surface area contributed by atoms with E-state index in [1.165, 1.54) is 18.4 Å². The van der Waals surface area contributed by atoms with Crippen LogP contribution in [0, 0.1) is 0 Å². The van der Waals surface area contributed by atoms with E-state index in [0.29, 0.717) is 0 Å². The SMILES string of the molecule is COc1ccc(OC)c(C(C)(C)CCNC2CC2)c1. The number of rotatable bonds is 7. The Hall–Kier alpha value is -1.22. The quantitative estimate of drug-likeness (QED) is 0.820. The fraction of sp³-hybridized carbons (Fsp3) is 0.625. The Bertz CT molecular complexity index is 425. The summed E-state index contributed by atoms with van der Waals surface area (Å²) in [5, 5.41) is 3.58. The van der Waals surface area contributed by atoms with Gasteiger partial charge in [-0.2, -0.15) is 0 Å². The molecule has 106 valence electrons. The third-order valence-corrected chi connectivity index (χ3v) is 3.90. The molecule has 3 nitrogen and oxygen atoms in total. The van der Waals surface area contributed by atoms with Gasteiger partial charge in [0.2, 0.25) is 0 Å². The maximum absolute atomic E-state index is 5.49. The summed E-state index contributed by atoms with van der Waals surface area (Å²) in [4.78, 5) is 0. The highest BCUT2D eigenvalue weighted by molar-refractivity contribution is 5.44. The molecule has 0 radical (unpaired) electrons. The maximum Gasteiger partial charge on any atom is 0.122 e. The van der Waals surface area contributed by atoms with Crippen molar-refractivity contribution >= 4 is 0 Å². The van der Waals surface area contributed by atoms with Crippen LogP contribution in [0.3, 0.4) is 0 Å². The van der Waals surface area contributed by atoms with E-state index in [1.54, 1.807) is 14.2 Å². The molecule has 1 aromatic rings. The van der Waals surface area contributed by atoms with Crippen LogP contribution < -0.4 is 14.8 Å². The Labute approximate surface area is 116 Å². The van der Waals surface area contributed by atoms with E-state index in [-0.39, 0.29) is 5.41 Å². The summed E-state index contributed by atoms with van der Waals surface area (Å²) in [6.45, 7) is 5.58. The number of hydrogen-bond acceptors (Lipinski definition) is 3. The van der Waals surface area contributed by atoms with Crippen LogP contribution in [0.5, 0.6) is 11.5 Å². The zero-order valence-corrected chi connectivity index (χ0v) is 12.5.